The third kappa shape index (κ3) is 3.30. The van der Waals surface area contributed by atoms with Gasteiger partial charge in [0, 0.05) is 28.5 Å². The molecule has 0 saturated heterocycles. The molecule has 4 nitrogen and oxygen atoms in total. The van der Waals surface area contributed by atoms with Crippen molar-refractivity contribution in [1.82, 2.24) is 10.3 Å². The third-order valence-corrected chi connectivity index (χ3v) is 9.50. The summed E-state index contributed by atoms with van der Waals surface area (Å²) in [6.07, 6.45) is 7.01. The number of amides is 1. The summed E-state index contributed by atoms with van der Waals surface area (Å²) in [5.41, 5.74) is 3.80. The summed E-state index contributed by atoms with van der Waals surface area (Å²) in [5.74, 6) is 2.27. The van der Waals surface area contributed by atoms with Crippen molar-refractivity contribution in [2.45, 2.75) is 63.0 Å². The Kier molecular flexibility index (Phi) is 4.44. The molecule has 5 saturated carbocycles. The van der Waals surface area contributed by atoms with Crippen LogP contribution in [0.3, 0.4) is 0 Å². The molecule has 1 N–H and O–H groups in total. The summed E-state index contributed by atoms with van der Waals surface area (Å²) in [6, 6.07) is 15.4. The number of rotatable bonds is 6. The zero-order chi connectivity index (χ0) is 23.9. The van der Waals surface area contributed by atoms with Crippen molar-refractivity contribution >= 4 is 16.8 Å². The monoisotopic (exact) mass is 470 g/mol. The first-order valence-corrected chi connectivity index (χ1v) is 12.9. The van der Waals surface area contributed by atoms with Crippen LogP contribution in [0.1, 0.15) is 50.2 Å². The van der Waals surface area contributed by atoms with Gasteiger partial charge in [0.15, 0.2) is 0 Å². The Bertz CT molecular complexity index is 1300. The van der Waals surface area contributed by atoms with E-state index in [1.54, 1.807) is 12.3 Å². The molecule has 5 aliphatic rings. The number of ether oxygens (including phenoxy) is 1. The van der Waals surface area contributed by atoms with Gasteiger partial charge in [0.2, 0.25) is 5.91 Å². The van der Waals surface area contributed by atoms with Crippen LogP contribution in [-0.4, -0.2) is 22.5 Å². The summed E-state index contributed by atoms with van der Waals surface area (Å²) in [7, 11) is 0. The van der Waals surface area contributed by atoms with E-state index in [1.807, 2.05) is 6.07 Å². The van der Waals surface area contributed by atoms with Crippen molar-refractivity contribution in [3.8, 4) is 5.75 Å². The standard InChI is InChI=1S/C30H31FN2O2/c1-17-3-5-19(6-4-17)29-14-30(15-29,16-29)33-28(34)18(2)27-22-12-21(13-23(22)27)35-26-9-10-32-25-8-7-20(31)11-24(25)26/h3-11,18,21-23,27H,12-16H2,1-2H3,(H,33,34)/t18?,21?,22-,23+,27?,29?,30?. The van der Waals surface area contributed by atoms with Crippen LogP contribution >= 0.6 is 0 Å². The number of aryl methyl sites for hydroxylation is 1. The molecule has 5 aliphatic carbocycles. The molecule has 2 aromatic carbocycles. The van der Waals surface area contributed by atoms with Gasteiger partial charge in [-0.3, -0.25) is 9.78 Å². The van der Waals surface area contributed by atoms with Gasteiger partial charge in [0.1, 0.15) is 11.6 Å². The molecule has 0 aliphatic heterocycles. The maximum Gasteiger partial charge on any atom is 0.223 e. The molecule has 5 heteroatoms. The van der Waals surface area contributed by atoms with Crippen molar-refractivity contribution in [3.63, 3.8) is 0 Å². The average Bonchev–Trinajstić information content (AvgIpc) is 3.30. The Hall–Kier alpha value is -2.95. The molecule has 5 fully saturated rings. The summed E-state index contributed by atoms with van der Waals surface area (Å²) in [6.45, 7) is 4.23. The van der Waals surface area contributed by atoms with Crippen LogP contribution in [0.2, 0.25) is 0 Å². The van der Waals surface area contributed by atoms with E-state index in [-0.39, 0.29) is 29.3 Å². The summed E-state index contributed by atoms with van der Waals surface area (Å²) >= 11 is 0. The first-order valence-electron chi connectivity index (χ1n) is 12.9. The molecule has 180 valence electrons. The predicted molar refractivity (Wildman–Crippen MR) is 133 cm³/mol. The van der Waals surface area contributed by atoms with Gasteiger partial charge in [-0.25, -0.2) is 4.39 Å². The number of halogens is 1. The molecule has 1 amide bonds. The van der Waals surface area contributed by atoms with Crippen molar-refractivity contribution in [2.75, 3.05) is 0 Å². The number of nitrogens with one attached hydrogen (secondary N) is 1. The van der Waals surface area contributed by atoms with E-state index in [0.29, 0.717) is 28.9 Å². The summed E-state index contributed by atoms with van der Waals surface area (Å²) < 4.78 is 20.1. The molecule has 5 atom stereocenters. The predicted octanol–water partition coefficient (Wildman–Crippen LogP) is 5.71. The van der Waals surface area contributed by atoms with Gasteiger partial charge in [-0.15, -0.1) is 0 Å². The number of pyridine rings is 1. The molecule has 0 spiro atoms. The van der Waals surface area contributed by atoms with Gasteiger partial charge in [0.05, 0.1) is 11.6 Å². The van der Waals surface area contributed by atoms with Crippen molar-refractivity contribution in [2.24, 2.45) is 23.7 Å². The second-order valence-corrected chi connectivity index (χ2v) is 11.8. The van der Waals surface area contributed by atoms with E-state index in [0.717, 1.165) is 43.0 Å². The zero-order valence-corrected chi connectivity index (χ0v) is 20.3. The molecular formula is C30H31FN2O2. The molecule has 2 bridgehead atoms. The fourth-order valence-corrected chi connectivity index (χ4v) is 7.74. The van der Waals surface area contributed by atoms with Crippen LogP contribution in [0.15, 0.2) is 54.7 Å². The minimum atomic E-state index is -0.280. The van der Waals surface area contributed by atoms with E-state index in [2.05, 4.69) is 48.4 Å². The van der Waals surface area contributed by atoms with Gasteiger partial charge in [0.25, 0.3) is 0 Å². The lowest BCUT2D eigenvalue weighted by Crippen LogP contribution is -2.77. The molecular weight excluding hydrogens is 439 g/mol. The molecule has 0 radical (unpaired) electrons. The molecule has 35 heavy (non-hydrogen) atoms. The first-order chi connectivity index (χ1) is 16.8. The van der Waals surface area contributed by atoms with Gasteiger partial charge in [-0.05, 0) is 86.6 Å². The Labute approximate surface area is 205 Å². The van der Waals surface area contributed by atoms with E-state index in [9.17, 15) is 9.18 Å². The number of fused-ring (bicyclic) bond motifs is 2. The maximum absolute atomic E-state index is 13.8. The fraction of sp³-hybridized carbons (Fsp3) is 0.467. The molecule has 3 unspecified atom stereocenters. The average molecular weight is 471 g/mol. The van der Waals surface area contributed by atoms with Gasteiger partial charge in [-0.2, -0.15) is 0 Å². The van der Waals surface area contributed by atoms with Crippen LogP contribution in [-0.2, 0) is 10.2 Å². The second kappa shape index (κ2) is 7.28. The number of hydrogen-bond acceptors (Lipinski definition) is 3. The minimum Gasteiger partial charge on any atom is -0.490 e. The molecule has 1 aromatic heterocycles. The summed E-state index contributed by atoms with van der Waals surface area (Å²) in [5, 5.41) is 4.16. The van der Waals surface area contributed by atoms with Crippen molar-refractivity contribution in [3.05, 3.63) is 71.7 Å². The van der Waals surface area contributed by atoms with E-state index < -0.39 is 0 Å². The first kappa shape index (κ1) is 21.3. The number of aromatic nitrogens is 1. The van der Waals surface area contributed by atoms with E-state index in [4.69, 9.17) is 4.74 Å². The number of hydrogen-bond donors (Lipinski definition) is 1. The van der Waals surface area contributed by atoms with Crippen molar-refractivity contribution in [1.29, 1.82) is 0 Å². The number of benzene rings is 2. The second-order valence-electron chi connectivity index (χ2n) is 11.8. The molecule has 1 heterocycles. The Morgan fingerprint density at radius 1 is 1.09 bits per heavy atom. The normalized spacial score (nSPS) is 34.9. The number of nitrogens with zero attached hydrogens (tertiary/aromatic N) is 1. The van der Waals surface area contributed by atoms with Crippen LogP contribution in [0.4, 0.5) is 4.39 Å². The lowest BCUT2D eigenvalue weighted by Gasteiger charge is -2.71. The quantitative estimate of drug-likeness (QED) is 0.502. The Balaban J connectivity index is 0.936. The largest absolute Gasteiger partial charge is 0.490 e. The van der Waals surface area contributed by atoms with Crippen LogP contribution < -0.4 is 10.1 Å². The SMILES string of the molecule is Cc1ccc(C23CC(NC(=O)C(C)C4[C@H]5CC(Oc6ccnc7ccc(F)cc67)C[C@@H]45)(C2)C3)cc1. The Morgan fingerprint density at radius 2 is 1.80 bits per heavy atom. The minimum absolute atomic E-state index is 0.0313. The lowest BCUT2D eigenvalue weighted by atomic mass is 9.37. The smallest absolute Gasteiger partial charge is 0.223 e. The summed E-state index contributed by atoms with van der Waals surface area (Å²) in [4.78, 5) is 17.5. The Morgan fingerprint density at radius 3 is 2.51 bits per heavy atom. The van der Waals surface area contributed by atoms with Gasteiger partial charge < -0.3 is 10.1 Å². The van der Waals surface area contributed by atoms with Crippen LogP contribution in [0, 0.1) is 36.4 Å². The zero-order valence-electron chi connectivity index (χ0n) is 20.3. The highest BCUT2D eigenvalue weighted by Gasteiger charge is 2.69. The van der Waals surface area contributed by atoms with E-state index in [1.165, 1.54) is 23.3 Å². The fourth-order valence-electron chi connectivity index (χ4n) is 7.74. The molecule has 8 rings (SSSR count). The van der Waals surface area contributed by atoms with E-state index >= 15 is 0 Å². The third-order valence-electron chi connectivity index (χ3n) is 9.50. The molecule has 3 aromatic rings. The van der Waals surface area contributed by atoms with Gasteiger partial charge >= 0.3 is 0 Å². The number of carbonyl (C=O) groups is 1. The van der Waals surface area contributed by atoms with Crippen LogP contribution in [0.25, 0.3) is 10.9 Å². The maximum atomic E-state index is 13.8. The lowest BCUT2D eigenvalue weighted by molar-refractivity contribution is -0.142. The highest BCUT2D eigenvalue weighted by molar-refractivity contribution is 5.84. The van der Waals surface area contributed by atoms with Crippen LogP contribution in [0.5, 0.6) is 5.75 Å². The highest BCUT2D eigenvalue weighted by Crippen LogP contribution is 2.68. The van der Waals surface area contributed by atoms with Gasteiger partial charge in [-0.1, -0.05) is 36.8 Å². The number of carbonyl (C=O) groups excluding carboxylic acids is 1. The van der Waals surface area contributed by atoms with Crippen molar-refractivity contribution < 1.29 is 13.9 Å². The topological polar surface area (TPSA) is 51.2 Å². The highest BCUT2D eigenvalue weighted by atomic mass is 19.1.